The second kappa shape index (κ2) is 8.91. The maximum absolute atomic E-state index is 3.45. The molecule has 1 atom stereocenters. The normalized spacial score (nSPS) is 12.3. The summed E-state index contributed by atoms with van der Waals surface area (Å²) in [5.41, 5.74) is 2.85. The van der Waals surface area contributed by atoms with Gasteiger partial charge in [-0.05, 0) is 60.4 Å². The van der Waals surface area contributed by atoms with E-state index in [9.17, 15) is 0 Å². The molecule has 0 amide bonds. The highest BCUT2D eigenvalue weighted by Gasteiger charge is 2.02. The largest absolute Gasteiger partial charge is 0.260 e. The first-order chi connectivity index (χ1) is 10.3. The van der Waals surface area contributed by atoms with Gasteiger partial charge in [-0.2, -0.15) is 0 Å². The van der Waals surface area contributed by atoms with Crippen molar-refractivity contribution in [1.29, 1.82) is 0 Å². The Balaban J connectivity index is 1.67. The molecule has 21 heavy (non-hydrogen) atoms. The minimum Gasteiger partial charge on any atom is -0.260 e. The van der Waals surface area contributed by atoms with Gasteiger partial charge in [0, 0.05) is 11.4 Å². The number of benzene rings is 2. The van der Waals surface area contributed by atoms with Gasteiger partial charge in [-0.15, -0.1) is 0 Å². The predicted molar refractivity (Wildman–Crippen MR) is 93.8 cm³/mol. The van der Waals surface area contributed by atoms with Crippen LogP contribution in [-0.4, -0.2) is 6.54 Å². The van der Waals surface area contributed by atoms with Gasteiger partial charge in [0.05, 0.1) is 0 Å². The van der Waals surface area contributed by atoms with E-state index in [4.69, 9.17) is 0 Å². The Morgan fingerprint density at radius 3 is 2.38 bits per heavy atom. The van der Waals surface area contributed by atoms with E-state index in [0.717, 1.165) is 13.0 Å². The third-order valence-corrected chi connectivity index (χ3v) is 4.69. The Morgan fingerprint density at radius 2 is 1.71 bits per heavy atom. The molecule has 0 heterocycles. The second-order valence-corrected chi connectivity index (χ2v) is 6.43. The lowest BCUT2D eigenvalue weighted by Gasteiger charge is -2.10. The molecule has 0 aliphatic carbocycles. The summed E-state index contributed by atoms with van der Waals surface area (Å²) in [5.74, 6) is 0.655. The van der Waals surface area contributed by atoms with E-state index >= 15 is 0 Å². The zero-order valence-corrected chi connectivity index (χ0v) is 13.8. The zero-order chi connectivity index (χ0) is 14.9. The van der Waals surface area contributed by atoms with Crippen molar-refractivity contribution in [2.75, 3.05) is 6.54 Å². The van der Waals surface area contributed by atoms with Crippen LogP contribution in [0.2, 0.25) is 0 Å². The number of rotatable bonds is 8. The summed E-state index contributed by atoms with van der Waals surface area (Å²) in [6.45, 7) is 5.55. The van der Waals surface area contributed by atoms with Crippen molar-refractivity contribution in [2.45, 2.75) is 43.9 Å². The number of hydrogen-bond donors (Lipinski definition) is 1. The van der Waals surface area contributed by atoms with Crippen molar-refractivity contribution >= 4 is 11.9 Å². The Morgan fingerprint density at radius 1 is 1.00 bits per heavy atom. The van der Waals surface area contributed by atoms with E-state index in [1.165, 1.54) is 28.9 Å². The quantitative estimate of drug-likeness (QED) is 0.515. The third kappa shape index (κ3) is 5.56. The fraction of sp³-hybridized carbons (Fsp3) is 0.368. The highest BCUT2D eigenvalue weighted by molar-refractivity contribution is 7.97. The lowest BCUT2D eigenvalue weighted by molar-refractivity contribution is 0.733. The van der Waals surface area contributed by atoms with Crippen LogP contribution in [0.1, 0.15) is 43.7 Å². The lowest BCUT2D eigenvalue weighted by Crippen LogP contribution is -2.06. The van der Waals surface area contributed by atoms with Gasteiger partial charge in [0.25, 0.3) is 0 Å². The Labute approximate surface area is 133 Å². The molecule has 0 fully saturated rings. The molecular formula is C19H25NS. The molecule has 1 nitrogen and oxygen atoms in total. The van der Waals surface area contributed by atoms with Crippen LogP contribution >= 0.6 is 11.9 Å². The maximum atomic E-state index is 3.45. The number of nitrogens with one attached hydrogen (secondary N) is 1. The van der Waals surface area contributed by atoms with E-state index in [0.29, 0.717) is 5.92 Å². The van der Waals surface area contributed by atoms with E-state index in [-0.39, 0.29) is 0 Å². The van der Waals surface area contributed by atoms with Crippen molar-refractivity contribution in [3.05, 3.63) is 65.7 Å². The second-order valence-electron chi connectivity index (χ2n) is 5.46. The molecule has 0 aromatic heterocycles. The van der Waals surface area contributed by atoms with Gasteiger partial charge in [0.2, 0.25) is 0 Å². The molecule has 1 N–H and O–H groups in total. The average Bonchev–Trinajstić information content (AvgIpc) is 2.55. The van der Waals surface area contributed by atoms with Gasteiger partial charge < -0.3 is 0 Å². The predicted octanol–water partition coefficient (Wildman–Crippen LogP) is 5.43. The minimum absolute atomic E-state index is 0.655. The number of hydrogen-bond acceptors (Lipinski definition) is 2. The molecule has 2 rings (SSSR count). The molecule has 2 aromatic rings. The Kier molecular flexibility index (Phi) is 6.84. The topological polar surface area (TPSA) is 12.0 Å². The molecule has 0 radical (unpaired) electrons. The average molecular weight is 299 g/mol. The van der Waals surface area contributed by atoms with Crippen LogP contribution in [0.4, 0.5) is 0 Å². The van der Waals surface area contributed by atoms with E-state index in [2.05, 4.69) is 73.2 Å². The first-order valence-corrected chi connectivity index (χ1v) is 8.65. The summed E-state index contributed by atoms with van der Waals surface area (Å²) >= 11 is 1.73. The molecule has 0 saturated carbocycles. The summed E-state index contributed by atoms with van der Waals surface area (Å²) in [7, 11) is 0. The third-order valence-electron chi connectivity index (χ3n) is 3.84. The fourth-order valence-electron chi connectivity index (χ4n) is 2.24. The molecule has 0 saturated heterocycles. The first kappa shape index (κ1) is 16.1. The minimum atomic E-state index is 0.655. The van der Waals surface area contributed by atoms with Crippen LogP contribution in [0.15, 0.2) is 59.5 Å². The molecule has 0 spiro atoms. The van der Waals surface area contributed by atoms with Crippen molar-refractivity contribution < 1.29 is 0 Å². The molecule has 2 aromatic carbocycles. The van der Waals surface area contributed by atoms with Crippen LogP contribution in [0.5, 0.6) is 0 Å². The highest BCUT2D eigenvalue weighted by Crippen LogP contribution is 2.22. The van der Waals surface area contributed by atoms with Crippen LogP contribution in [0.25, 0.3) is 0 Å². The molecular weight excluding hydrogens is 274 g/mol. The Hall–Kier alpha value is -1.25. The van der Waals surface area contributed by atoms with Crippen molar-refractivity contribution in [1.82, 2.24) is 4.72 Å². The SMILES string of the molecule is CCC(C)c1ccc(SNCCCc2ccccc2)cc1. The zero-order valence-electron chi connectivity index (χ0n) is 13.0. The molecule has 2 heteroatoms. The Bertz CT molecular complexity index is 507. The fourth-order valence-corrected chi connectivity index (χ4v) is 2.93. The summed E-state index contributed by atoms with van der Waals surface area (Å²) in [6.07, 6.45) is 3.51. The van der Waals surface area contributed by atoms with Crippen molar-refractivity contribution in [3.8, 4) is 0 Å². The molecule has 1 unspecified atom stereocenters. The molecule has 0 aliphatic rings. The van der Waals surface area contributed by atoms with Crippen molar-refractivity contribution in [2.24, 2.45) is 0 Å². The van der Waals surface area contributed by atoms with Gasteiger partial charge in [0.15, 0.2) is 0 Å². The summed E-state index contributed by atoms with van der Waals surface area (Å²) in [6, 6.07) is 19.6. The van der Waals surface area contributed by atoms with Gasteiger partial charge in [-0.25, -0.2) is 0 Å². The van der Waals surface area contributed by atoms with E-state index in [1.807, 2.05) is 0 Å². The lowest BCUT2D eigenvalue weighted by atomic mass is 9.99. The summed E-state index contributed by atoms with van der Waals surface area (Å²) < 4.78 is 3.45. The van der Waals surface area contributed by atoms with Crippen LogP contribution in [-0.2, 0) is 6.42 Å². The molecule has 112 valence electrons. The summed E-state index contributed by atoms with van der Waals surface area (Å²) in [4.78, 5) is 1.29. The van der Waals surface area contributed by atoms with Gasteiger partial charge in [-0.1, -0.05) is 56.3 Å². The van der Waals surface area contributed by atoms with Gasteiger partial charge in [0.1, 0.15) is 0 Å². The van der Waals surface area contributed by atoms with Gasteiger partial charge in [-0.3, -0.25) is 4.72 Å². The first-order valence-electron chi connectivity index (χ1n) is 7.83. The summed E-state index contributed by atoms with van der Waals surface area (Å²) in [5, 5.41) is 0. The standard InChI is InChI=1S/C19H25NS/c1-3-16(2)18-11-13-19(14-12-18)21-20-15-7-10-17-8-5-4-6-9-17/h4-6,8-9,11-14,16,20H,3,7,10,15H2,1-2H3. The van der Waals surface area contributed by atoms with E-state index in [1.54, 1.807) is 11.9 Å². The monoisotopic (exact) mass is 299 g/mol. The highest BCUT2D eigenvalue weighted by atomic mass is 32.2. The van der Waals surface area contributed by atoms with Crippen LogP contribution in [0, 0.1) is 0 Å². The number of aryl methyl sites for hydroxylation is 1. The smallest absolute Gasteiger partial charge is 0.0228 e. The van der Waals surface area contributed by atoms with Crippen LogP contribution in [0.3, 0.4) is 0 Å². The van der Waals surface area contributed by atoms with Crippen molar-refractivity contribution in [3.63, 3.8) is 0 Å². The molecule has 0 bridgehead atoms. The van der Waals surface area contributed by atoms with E-state index < -0.39 is 0 Å². The van der Waals surface area contributed by atoms with Crippen LogP contribution < -0.4 is 4.72 Å². The van der Waals surface area contributed by atoms with Gasteiger partial charge >= 0.3 is 0 Å². The maximum Gasteiger partial charge on any atom is 0.0228 e. The molecule has 0 aliphatic heterocycles.